The maximum Gasteiger partial charge on any atom is 0.240 e. The van der Waals surface area contributed by atoms with Gasteiger partial charge >= 0.3 is 0 Å². The van der Waals surface area contributed by atoms with Gasteiger partial charge in [-0.05, 0) is 53.4 Å². The number of isocyanates is 1. The first-order valence-corrected chi connectivity index (χ1v) is 6.96. The summed E-state index contributed by atoms with van der Waals surface area (Å²) in [5.74, 6) is 0. The van der Waals surface area contributed by atoms with E-state index in [4.69, 9.17) is 4.74 Å². The van der Waals surface area contributed by atoms with Crippen LogP contribution in [0.3, 0.4) is 0 Å². The van der Waals surface area contributed by atoms with Gasteiger partial charge in [-0.3, -0.25) is 0 Å². The zero-order valence-corrected chi connectivity index (χ0v) is 11.8. The molecule has 1 aliphatic rings. The van der Waals surface area contributed by atoms with Crippen LogP contribution in [0.4, 0.5) is 5.69 Å². The zero-order chi connectivity index (χ0) is 13.2. The number of hydrogen-bond acceptors (Lipinski definition) is 4. The van der Waals surface area contributed by atoms with E-state index in [2.05, 4.69) is 26.0 Å². The first kappa shape index (κ1) is 12.5. The van der Waals surface area contributed by atoms with Gasteiger partial charge in [0.25, 0.3) is 0 Å². The Morgan fingerprint density at radius 1 is 1.47 bits per heavy atom. The molecule has 3 rings (SSSR count). The van der Waals surface area contributed by atoms with Gasteiger partial charge in [-0.25, -0.2) is 9.48 Å². The monoisotopic (exact) mass is 321 g/mol. The number of aliphatic imine (C=N–C) groups is 1. The van der Waals surface area contributed by atoms with Crippen molar-refractivity contribution in [3.05, 3.63) is 22.8 Å². The van der Waals surface area contributed by atoms with E-state index in [0.29, 0.717) is 5.69 Å². The van der Waals surface area contributed by atoms with Crippen molar-refractivity contribution in [2.24, 2.45) is 4.99 Å². The number of rotatable bonds is 2. The fourth-order valence-electron chi connectivity index (χ4n) is 2.35. The third kappa shape index (κ3) is 2.34. The molecule has 0 radical (unpaired) electrons. The molecule has 1 aromatic heterocycles. The average molecular weight is 322 g/mol. The highest BCUT2D eigenvalue weighted by molar-refractivity contribution is 9.10. The Labute approximate surface area is 118 Å². The van der Waals surface area contributed by atoms with Gasteiger partial charge in [0.2, 0.25) is 6.08 Å². The number of aromatic nitrogens is 2. The summed E-state index contributed by atoms with van der Waals surface area (Å²) in [6.07, 6.45) is 4.76. The Morgan fingerprint density at radius 2 is 2.37 bits per heavy atom. The molecule has 19 heavy (non-hydrogen) atoms. The molecule has 5 nitrogen and oxygen atoms in total. The molecule has 0 amide bonds. The maximum atomic E-state index is 10.3. The predicted octanol–water partition coefficient (Wildman–Crippen LogP) is 3.47. The molecule has 1 fully saturated rings. The fraction of sp³-hybridized carbons (Fsp3) is 0.385. The average Bonchev–Trinajstić information content (AvgIpc) is 2.78. The molecule has 0 saturated carbocycles. The minimum atomic E-state index is -0.0111. The lowest BCUT2D eigenvalue weighted by atomic mass is 10.2. The normalized spacial score (nSPS) is 19.3. The summed E-state index contributed by atoms with van der Waals surface area (Å²) in [7, 11) is 0. The standard InChI is InChI=1S/C13H12BrN3O2/c14-13-10-7-9(15-8-18)4-5-11(10)17(16-13)12-3-1-2-6-19-12/h4-5,7,12H,1-3,6H2. The molecule has 6 heteroatoms. The fourth-order valence-corrected chi connectivity index (χ4v) is 2.84. The molecule has 1 unspecified atom stereocenters. The summed E-state index contributed by atoms with van der Waals surface area (Å²) in [5, 5.41) is 5.40. The molecule has 98 valence electrons. The Hall–Kier alpha value is -1.49. The molecule has 1 atom stereocenters. The second-order valence-electron chi connectivity index (χ2n) is 4.46. The van der Waals surface area contributed by atoms with Gasteiger partial charge in [0, 0.05) is 12.0 Å². The third-order valence-electron chi connectivity index (χ3n) is 3.25. The van der Waals surface area contributed by atoms with Gasteiger partial charge in [0.05, 0.1) is 11.2 Å². The summed E-state index contributed by atoms with van der Waals surface area (Å²) >= 11 is 3.44. The Balaban J connectivity index is 2.08. The molecule has 1 saturated heterocycles. The topological polar surface area (TPSA) is 56.5 Å². The van der Waals surface area contributed by atoms with Gasteiger partial charge in [-0.2, -0.15) is 10.1 Å². The highest BCUT2D eigenvalue weighted by atomic mass is 79.9. The predicted molar refractivity (Wildman–Crippen MR) is 74.1 cm³/mol. The molecule has 2 aromatic rings. The highest BCUT2D eigenvalue weighted by Crippen LogP contribution is 2.32. The summed E-state index contributed by atoms with van der Waals surface area (Å²) in [4.78, 5) is 13.9. The first-order chi connectivity index (χ1) is 9.29. The van der Waals surface area contributed by atoms with Crippen molar-refractivity contribution in [1.29, 1.82) is 0 Å². The lowest BCUT2D eigenvalue weighted by molar-refractivity contribution is -0.0368. The van der Waals surface area contributed by atoms with E-state index in [0.717, 1.165) is 41.4 Å². The van der Waals surface area contributed by atoms with Crippen LogP contribution in [0.15, 0.2) is 27.8 Å². The van der Waals surface area contributed by atoms with Crippen molar-refractivity contribution < 1.29 is 9.53 Å². The molecule has 0 spiro atoms. The van der Waals surface area contributed by atoms with Crippen molar-refractivity contribution in [3.63, 3.8) is 0 Å². The second kappa shape index (κ2) is 5.25. The largest absolute Gasteiger partial charge is 0.356 e. The highest BCUT2D eigenvalue weighted by Gasteiger charge is 2.20. The van der Waals surface area contributed by atoms with Gasteiger partial charge in [0.15, 0.2) is 6.23 Å². The molecular formula is C13H12BrN3O2. The third-order valence-corrected chi connectivity index (χ3v) is 3.83. The Morgan fingerprint density at radius 3 is 3.11 bits per heavy atom. The van der Waals surface area contributed by atoms with E-state index in [-0.39, 0.29) is 6.23 Å². The smallest absolute Gasteiger partial charge is 0.240 e. The van der Waals surface area contributed by atoms with E-state index in [9.17, 15) is 4.79 Å². The van der Waals surface area contributed by atoms with Crippen LogP contribution in [0, 0.1) is 0 Å². The van der Waals surface area contributed by atoms with E-state index in [1.807, 2.05) is 16.8 Å². The summed E-state index contributed by atoms with van der Waals surface area (Å²) < 4.78 is 8.39. The molecule has 2 heterocycles. The SMILES string of the molecule is O=C=Nc1ccc2c(c1)c(Br)nn2C1CCCCO1. The zero-order valence-electron chi connectivity index (χ0n) is 10.2. The van der Waals surface area contributed by atoms with Crippen molar-refractivity contribution >= 4 is 38.6 Å². The van der Waals surface area contributed by atoms with Gasteiger partial charge in [-0.1, -0.05) is 0 Å². The van der Waals surface area contributed by atoms with E-state index in [1.165, 1.54) is 0 Å². The summed E-state index contributed by atoms with van der Waals surface area (Å²) in [6.45, 7) is 0.775. The van der Waals surface area contributed by atoms with E-state index in [1.54, 1.807) is 12.1 Å². The summed E-state index contributed by atoms with van der Waals surface area (Å²) in [5.41, 5.74) is 1.55. The Kier molecular flexibility index (Phi) is 3.46. The van der Waals surface area contributed by atoms with Gasteiger partial charge in [0.1, 0.15) is 4.60 Å². The van der Waals surface area contributed by atoms with Crippen molar-refractivity contribution in [3.8, 4) is 0 Å². The van der Waals surface area contributed by atoms with Gasteiger partial charge < -0.3 is 4.74 Å². The van der Waals surface area contributed by atoms with Gasteiger partial charge in [-0.15, -0.1) is 0 Å². The Bertz CT molecular complexity index is 655. The van der Waals surface area contributed by atoms with Crippen molar-refractivity contribution in [1.82, 2.24) is 9.78 Å². The van der Waals surface area contributed by atoms with Crippen LogP contribution in [-0.4, -0.2) is 22.5 Å². The quantitative estimate of drug-likeness (QED) is 0.628. The summed E-state index contributed by atoms with van der Waals surface area (Å²) in [6, 6.07) is 5.50. The van der Waals surface area contributed by atoms with E-state index < -0.39 is 0 Å². The molecule has 0 N–H and O–H groups in total. The van der Waals surface area contributed by atoms with Crippen LogP contribution in [0.2, 0.25) is 0 Å². The van der Waals surface area contributed by atoms with Crippen LogP contribution in [0.25, 0.3) is 10.9 Å². The molecule has 0 bridgehead atoms. The number of nitrogens with zero attached hydrogens (tertiary/aromatic N) is 3. The number of carbonyl (C=O) groups excluding carboxylic acids is 1. The number of halogens is 1. The first-order valence-electron chi connectivity index (χ1n) is 6.17. The lowest BCUT2D eigenvalue weighted by Crippen LogP contribution is -2.18. The second-order valence-corrected chi connectivity index (χ2v) is 5.21. The van der Waals surface area contributed by atoms with Crippen LogP contribution in [0.5, 0.6) is 0 Å². The molecule has 1 aliphatic heterocycles. The minimum absolute atomic E-state index is 0.0111. The number of fused-ring (bicyclic) bond motifs is 1. The number of hydrogen-bond donors (Lipinski definition) is 0. The number of benzene rings is 1. The van der Waals surface area contributed by atoms with Crippen LogP contribution >= 0.6 is 15.9 Å². The lowest BCUT2D eigenvalue weighted by Gasteiger charge is -2.23. The van der Waals surface area contributed by atoms with Crippen LogP contribution < -0.4 is 0 Å². The van der Waals surface area contributed by atoms with Crippen LogP contribution in [-0.2, 0) is 9.53 Å². The van der Waals surface area contributed by atoms with E-state index >= 15 is 0 Å². The van der Waals surface area contributed by atoms with Crippen LogP contribution in [0.1, 0.15) is 25.5 Å². The number of ether oxygens (including phenoxy) is 1. The maximum absolute atomic E-state index is 10.3. The molecule has 1 aromatic carbocycles. The minimum Gasteiger partial charge on any atom is -0.356 e. The van der Waals surface area contributed by atoms with Crippen molar-refractivity contribution in [2.45, 2.75) is 25.5 Å². The molecular weight excluding hydrogens is 310 g/mol. The van der Waals surface area contributed by atoms with Crippen molar-refractivity contribution in [2.75, 3.05) is 6.61 Å². The molecule has 0 aliphatic carbocycles.